The molecule has 0 saturated carbocycles. The fourth-order valence-corrected chi connectivity index (χ4v) is 2.54. The van der Waals surface area contributed by atoms with Gasteiger partial charge in [-0.25, -0.2) is 8.78 Å². The number of benzene rings is 2. The van der Waals surface area contributed by atoms with Crippen LogP contribution < -0.4 is 18.9 Å². The third kappa shape index (κ3) is 5.02. The van der Waals surface area contributed by atoms with Crippen molar-refractivity contribution in [2.45, 2.75) is 0 Å². The molecule has 0 amide bonds. The Labute approximate surface area is 183 Å². The first-order valence-electron chi connectivity index (χ1n) is 8.20. The molecule has 0 aliphatic rings. The van der Waals surface area contributed by atoms with Crippen LogP contribution in [0.3, 0.4) is 0 Å². The summed E-state index contributed by atoms with van der Waals surface area (Å²) in [5.41, 5.74) is -1.50. The number of ether oxygens (including phenoxy) is 4. The first-order valence-corrected chi connectivity index (χ1v) is 9.27. The number of rotatable bonds is 8. The van der Waals surface area contributed by atoms with Crippen molar-refractivity contribution in [3.8, 4) is 23.0 Å². The molecule has 2 aromatic rings. The van der Waals surface area contributed by atoms with E-state index in [4.69, 9.17) is 37.4 Å². The molecule has 0 unspecified atom stereocenters. The quantitative estimate of drug-likeness (QED) is 0.187. The average Bonchev–Trinajstić information content (AvgIpc) is 2.76. The van der Waals surface area contributed by atoms with Gasteiger partial charge in [0.05, 0.1) is 25.3 Å². The lowest BCUT2D eigenvalue weighted by molar-refractivity contribution is -0.134. The van der Waals surface area contributed by atoms with Crippen LogP contribution in [0.15, 0.2) is 18.2 Å². The van der Waals surface area contributed by atoms with Crippen LogP contribution in [0.1, 0.15) is 15.9 Å². The molecule has 166 valence electrons. The zero-order valence-electron chi connectivity index (χ0n) is 15.9. The van der Waals surface area contributed by atoms with Crippen molar-refractivity contribution < 1.29 is 46.5 Å². The molecule has 0 spiro atoms. The molecule has 0 radical (unpaired) electrons. The van der Waals surface area contributed by atoms with Gasteiger partial charge in [-0.15, -0.1) is 23.2 Å². The average molecular weight is 481 g/mol. The number of carbonyl (C=O) groups is 3. The van der Waals surface area contributed by atoms with Crippen LogP contribution in [0.2, 0.25) is 0 Å². The van der Waals surface area contributed by atoms with E-state index in [1.807, 2.05) is 0 Å². The van der Waals surface area contributed by atoms with Gasteiger partial charge in [-0.05, 0) is 18.2 Å². The Morgan fingerprint density at radius 3 is 1.90 bits per heavy atom. The van der Waals surface area contributed by atoms with Gasteiger partial charge in [0, 0.05) is 0 Å². The van der Waals surface area contributed by atoms with Gasteiger partial charge < -0.3 is 18.9 Å². The lowest BCUT2D eigenvalue weighted by atomic mass is 10.00. The summed E-state index contributed by atoms with van der Waals surface area (Å²) in [5.74, 6) is -11.8. The van der Waals surface area contributed by atoms with Crippen LogP contribution in [0.4, 0.5) is 13.2 Å². The molecule has 0 aliphatic heterocycles. The minimum Gasteiger partial charge on any atom is -0.493 e. The van der Waals surface area contributed by atoms with Crippen LogP contribution >= 0.6 is 23.2 Å². The first-order chi connectivity index (χ1) is 14.7. The van der Waals surface area contributed by atoms with Crippen LogP contribution in [0.25, 0.3) is 0 Å². The summed E-state index contributed by atoms with van der Waals surface area (Å²) < 4.78 is 61.7. The highest BCUT2D eigenvalue weighted by Crippen LogP contribution is 2.42. The highest BCUT2D eigenvalue weighted by atomic mass is 35.5. The predicted octanol–water partition coefficient (Wildman–Crippen LogP) is 3.64. The summed E-state index contributed by atoms with van der Waals surface area (Å²) >= 11 is 10.8. The fraction of sp³-hybridized carbons (Fsp3) is 0.211. The van der Waals surface area contributed by atoms with Gasteiger partial charge in [0.1, 0.15) is 11.8 Å². The van der Waals surface area contributed by atoms with E-state index in [1.165, 1.54) is 7.11 Å². The summed E-state index contributed by atoms with van der Waals surface area (Å²) in [7, 11) is 2.06. The maximum Gasteiger partial charge on any atom is 0.326 e. The maximum atomic E-state index is 14.6. The van der Waals surface area contributed by atoms with Crippen molar-refractivity contribution in [1.29, 1.82) is 0 Å². The molecule has 2 aromatic carbocycles. The monoisotopic (exact) mass is 480 g/mol. The number of hydrogen-bond acceptors (Lipinski definition) is 7. The van der Waals surface area contributed by atoms with Crippen LogP contribution in [0, 0.1) is 17.5 Å². The number of alkyl halides is 2. The highest BCUT2D eigenvalue weighted by Gasteiger charge is 2.30. The molecular weight excluding hydrogens is 468 g/mol. The Kier molecular flexibility index (Phi) is 8.12. The third-order valence-electron chi connectivity index (χ3n) is 3.76. The van der Waals surface area contributed by atoms with Gasteiger partial charge in [0.15, 0.2) is 34.7 Å². The van der Waals surface area contributed by atoms with Gasteiger partial charge in [-0.2, -0.15) is 4.39 Å². The number of carbonyl (C=O) groups excluding carboxylic acids is 3. The van der Waals surface area contributed by atoms with Crippen LogP contribution in [-0.4, -0.2) is 43.7 Å². The predicted molar refractivity (Wildman–Crippen MR) is 102 cm³/mol. The Hall–Kier alpha value is -2.98. The lowest BCUT2D eigenvalue weighted by Crippen LogP contribution is -2.17. The van der Waals surface area contributed by atoms with E-state index < -0.39 is 75.3 Å². The molecular formula is C19H13Cl2F3O7. The van der Waals surface area contributed by atoms with E-state index in [0.29, 0.717) is 6.07 Å². The number of ketones is 1. The molecule has 7 nitrogen and oxygen atoms in total. The van der Waals surface area contributed by atoms with Crippen LogP contribution in [-0.2, 0) is 9.59 Å². The number of halogens is 5. The molecule has 0 fully saturated rings. The Balaban J connectivity index is 2.77. The second-order valence-electron chi connectivity index (χ2n) is 5.59. The summed E-state index contributed by atoms with van der Waals surface area (Å²) in [6.45, 7) is 0. The van der Waals surface area contributed by atoms with Crippen molar-refractivity contribution in [2.24, 2.45) is 0 Å². The lowest BCUT2D eigenvalue weighted by Gasteiger charge is -2.17. The van der Waals surface area contributed by atoms with Crippen LogP contribution in [0.5, 0.6) is 23.0 Å². The fourth-order valence-electron chi connectivity index (χ4n) is 2.43. The smallest absolute Gasteiger partial charge is 0.326 e. The third-order valence-corrected chi connectivity index (χ3v) is 4.19. The largest absolute Gasteiger partial charge is 0.493 e. The van der Waals surface area contributed by atoms with Gasteiger partial charge in [-0.3, -0.25) is 14.4 Å². The van der Waals surface area contributed by atoms with Gasteiger partial charge >= 0.3 is 11.9 Å². The number of hydrogen-bond donors (Lipinski definition) is 0. The van der Waals surface area contributed by atoms with Crippen molar-refractivity contribution in [3.63, 3.8) is 0 Å². The summed E-state index contributed by atoms with van der Waals surface area (Å²) in [6, 6.07) is 2.47. The normalized spacial score (nSPS) is 10.4. The topological polar surface area (TPSA) is 88.1 Å². The summed E-state index contributed by atoms with van der Waals surface area (Å²) in [6.07, 6.45) is 0. The molecule has 0 bridgehead atoms. The number of methoxy groups -OCH3 is 2. The SMILES string of the molecule is COc1ccc(C(=O)c2cc(F)c(F)c(OC)c2F)c(OC(=O)CCl)c1OC(=O)CCl. The minimum atomic E-state index is -1.64. The second-order valence-corrected chi connectivity index (χ2v) is 6.12. The Morgan fingerprint density at radius 2 is 1.39 bits per heavy atom. The first kappa shape index (κ1) is 24.3. The van der Waals surface area contributed by atoms with Crippen molar-refractivity contribution in [2.75, 3.05) is 26.0 Å². The zero-order valence-corrected chi connectivity index (χ0v) is 17.4. The highest BCUT2D eigenvalue weighted by molar-refractivity contribution is 6.27. The van der Waals surface area contributed by atoms with E-state index in [1.54, 1.807) is 0 Å². The van der Waals surface area contributed by atoms with Crippen molar-refractivity contribution in [3.05, 3.63) is 46.8 Å². The van der Waals surface area contributed by atoms with E-state index in [9.17, 15) is 27.6 Å². The number of esters is 2. The molecule has 0 aliphatic carbocycles. The molecule has 31 heavy (non-hydrogen) atoms. The molecule has 2 rings (SSSR count). The Bertz CT molecular complexity index is 1040. The maximum absolute atomic E-state index is 14.6. The molecule has 0 saturated heterocycles. The van der Waals surface area contributed by atoms with Gasteiger partial charge in [0.25, 0.3) is 0 Å². The summed E-state index contributed by atoms with van der Waals surface area (Å²) in [5, 5.41) is 0. The van der Waals surface area contributed by atoms with Gasteiger partial charge in [-0.1, -0.05) is 0 Å². The van der Waals surface area contributed by atoms with Gasteiger partial charge in [0.2, 0.25) is 11.6 Å². The van der Waals surface area contributed by atoms with Crippen molar-refractivity contribution >= 4 is 40.9 Å². The Morgan fingerprint density at radius 1 is 0.806 bits per heavy atom. The summed E-state index contributed by atoms with van der Waals surface area (Å²) in [4.78, 5) is 36.5. The molecule has 0 atom stereocenters. The molecule has 12 heteroatoms. The second kappa shape index (κ2) is 10.4. The van der Waals surface area contributed by atoms with E-state index in [2.05, 4.69) is 4.74 Å². The minimum absolute atomic E-state index is 0.157. The van der Waals surface area contributed by atoms with E-state index >= 15 is 0 Å². The molecule has 0 N–H and O–H groups in total. The zero-order chi connectivity index (χ0) is 23.3. The standard InChI is InChI=1S/C19H13Cl2F3O7/c1-28-11-4-3-8(17(30-12(25)6-20)18(11)31-13(26)7-21)16(27)9-5-10(22)15(24)19(29-2)14(9)23/h3-5H,6-7H2,1-2H3. The van der Waals surface area contributed by atoms with Crippen molar-refractivity contribution in [1.82, 2.24) is 0 Å². The molecule has 0 aromatic heterocycles. The van der Waals surface area contributed by atoms with E-state index in [0.717, 1.165) is 19.2 Å². The molecule has 0 heterocycles. The van der Waals surface area contributed by atoms with E-state index in [-0.39, 0.29) is 5.75 Å².